The number of carbonyl (C=O) groups excluding carboxylic acids is 1. The van der Waals surface area contributed by atoms with Crippen LogP contribution in [0.5, 0.6) is 0 Å². The molecule has 1 aromatic carbocycles. The topological polar surface area (TPSA) is 83.6 Å². The number of nitrogens with zero attached hydrogens (tertiary/aromatic N) is 1. The van der Waals surface area contributed by atoms with Crippen molar-refractivity contribution in [3.05, 3.63) is 29.3 Å². The first kappa shape index (κ1) is 12.4. The number of aliphatic carboxylic acids is 1. The minimum atomic E-state index is -0.989. The molecule has 5 nitrogen and oxygen atoms in total. The fraction of sp³-hybridized carbons (Fsp3) is 0.385. The molecule has 1 amide bonds. The summed E-state index contributed by atoms with van der Waals surface area (Å²) in [4.78, 5) is 24.6. The molecule has 5 heteroatoms. The molecule has 1 aliphatic rings. The smallest absolute Gasteiger partial charge is 0.323 e. The minimum absolute atomic E-state index is 0.0643. The van der Waals surface area contributed by atoms with E-state index in [1.807, 2.05) is 0 Å². The third-order valence-electron chi connectivity index (χ3n) is 3.16. The van der Waals surface area contributed by atoms with E-state index in [9.17, 15) is 9.59 Å². The van der Waals surface area contributed by atoms with Crippen LogP contribution in [0.3, 0.4) is 0 Å². The van der Waals surface area contributed by atoms with Crippen molar-refractivity contribution in [2.75, 3.05) is 12.3 Å². The highest BCUT2D eigenvalue weighted by atomic mass is 16.4. The second-order valence-electron chi connectivity index (χ2n) is 4.58. The number of nitrogen functional groups attached to an aromatic ring is 1. The standard InChI is InChI=1S/C13H16N2O3/c1-8-10(3-2-4-11(8)14)13(18)15(7-12(16)17)9-5-6-9/h2-4,9H,5-7,14H2,1H3,(H,16,17). The Hall–Kier alpha value is -2.04. The Bertz CT molecular complexity index is 495. The second kappa shape index (κ2) is 4.68. The van der Waals surface area contributed by atoms with Crippen molar-refractivity contribution in [2.24, 2.45) is 0 Å². The Morgan fingerprint density at radius 3 is 2.67 bits per heavy atom. The van der Waals surface area contributed by atoms with Crippen molar-refractivity contribution in [2.45, 2.75) is 25.8 Å². The van der Waals surface area contributed by atoms with E-state index < -0.39 is 5.97 Å². The molecule has 0 heterocycles. The SMILES string of the molecule is Cc1c(N)cccc1C(=O)N(CC(=O)O)C1CC1. The second-order valence-corrected chi connectivity index (χ2v) is 4.58. The minimum Gasteiger partial charge on any atom is -0.480 e. The van der Waals surface area contributed by atoms with Gasteiger partial charge in [-0.3, -0.25) is 9.59 Å². The zero-order chi connectivity index (χ0) is 13.3. The van der Waals surface area contributed by atoms with Gasteiger partial charge in [0.25, 0.3) is 5.91 Å². The molecule has 96 valence electrons. The highest BCUT2D eigenvalue weighted by molar-refractivity contribution is 5.98. The molecule has 0 aromatic heterocycles. The average Bonchev–Trinajstić information content (AvgIpc) is 3.12. The average molecular weight is 248 g/mol. The third-order valence-corrected chi connectivity index (χ3v) is 3.16. The molecular formula is C13H16N2O3. The molecule has 0 bridgehead atoms. The number of hydrogen-bond donors (Lipinski definition) is 2. The zero-order valence-electron chi connectivity index (χ0n) is 10.2. The number of nitrogens with two attached hydrogens (primary N) is 1. The summed E-state index contributed by atoms with van der Waals surface area (Å²) in [5.41, 5.74) is 7.51. The van der Waals surface area contributed by atoms with Gasteiger partial charge in [0, 0.05) is 17.3 Å². The first-order chi connectivity index (χ1) is 8.50. The molecule has 3 N–H and O–H groups in total. The van der Waals surface area contributed by atoms with E-state index in [-0.39, 0.29) is 18.5 Å². The largest absolute Gasteiger partial charge is 0.480 e. The molecule has 1 saturated carbocycles. The number of carboxylic acids is 1. The first-order valence-electron chi connectivity index (χ1n) is 5.88. The number of benzene rings is 1. The molecule has 18 heavy (non-hydrogen) atoms. The summed E-state index contributed by atoms with van der Waals surface area (Å²) < 4.78 is 0. The molecule has 0 unspecified atom stereocenters. The Balaban J connectivity index is 2.27. The van der Waals surface area contributed by atoms with Crippen molar-refractivity contribution in [1.29, 1.82) is 0 Å². The molecule has 1 aliphatic carbocycles. The normalized spacial score (nSPS) is 14.3. The van der Waals surface area contributed by atoms with Crippen molar-refractivity contribution in [3.8, 4) is 0 Å². The highest BCUT2D eigenvalue weighted by Crippen LogP contribution is 2.29. The van der Waals surface area contributed by atoms with Crippen LogP contribution in [-0.2, 0) is 4.79 Å². The summed E-state index contributed by atoms with van der Waals surface area (Å²) >= 11 is 0. The predicted octanol–water partition coefficient (Wildman–Crippen LogP) is 1.27. The molecule has 0 aliphatic heterocycles. The molecular weight excluding hydrogens is 232 g/mol. The predicted molar refractivity (Wildman–Crippen MR) is 67.3 cm³/mol. The van der Waals surface area contributed by atoms with Gasteiger partial charge in [0.2, 0.25) is 0 Å². The van der Waals surface area contributed by atoms with Gasteiger partial charge in [0.15, 0.2) is 0 Å². The number of carbonyl (C=O) groups is 2. The number of hydrogen-bond acceptors (Lipinski definition) is 3. The van der Waals surface area contributed by atoms with Crippen LogP contribution in [-0.4, -0.2) is 34.5 Å². The van der Waals surface area contributed by atoms with Crippen LogP contribution in [0, 0.1) is 6.92 Å². The van der Waals surface area contributed by atoms with Crippen LogP contribution in [0.25, 0.3) is 0 Å². The molecule has 1 fully saturated rings. The highest BCUT2D eigenvalue weighted by Gasteiger charge is 2.34. The number of rotatable bonds is 4. The Labute approximate surface area is 105 Å². The quantitative estimate of drug-likeness (QED) is 0.786. The third kappa shape index (κ3) is 2.45. The summed E-state index contributed by atoms with van der Waals surface area (Å²) in [6.07, 6.45) is 1.75. The van der Waals surface area contributed by atoms with Crippen molar-refractivity contribution < 1.29 is 14.7 Å². The number of amides is 1. The van der Waals surface area contributed by atoms with Crippen LogP contribution < -0.4 is 5.73 Å². The van der Waals surface area contributed by atoms with E-state index >= 15 is 0 Å². The summed E-state index contributed by atoms with van der Waals surface area (Å²) in [7, 11) is 0. The summed E-state index contributed by atoms with van der Waals surface area (Å²) in [6, 6.07) is 5.19. The maximum atomic E-state index is 12.3. The molecule has 0 atom stereocenters. The van der Waals surface area contributed by atoms with Gasteiger partial charge in [-0.25, -0.2) is 0 Å². The van der Waals surface area contributed by atoms with E-state index in [0.717, 1.165) is 12.8 Å². The molecule has 0 radical (unpaired) electrons. The lowest BCUT2D eigenvalue weighted by Gasteiger charge is -2.21. The zero-order valence-corrected chi connectivity index (χ0v) is 10.2. The maximum Gasteiger partial charge on any atom is 0.323 e. The van der Waals surface area contributed by atoms with E-state index in [1.54, 1.807) is 25.1 Å². The summed E-state index contributed by atoms with van der Waals surface area (Å²) in [6.45, 7) is 1.52. The number of anilines is 1. The van der Waals surface area contributed by atoms with Crippen molar-refractivity contribution >= 4 is 17.6 Å². The summed E-state index contributed by atoms with van der Waals surface area (Å²) in [5, 5.41) is 8.86. The van der Waals surface area contributed by atoms with Gasteiger partial charge >= 0.3 is 5.97 Å². The molecule has 2 rings (SSSR count). The van der Waals surface area contributed by atoms with Gasteiger partial charge in [-0.15, -0.1) is 0 Å². The van der Waals surface area contributed by atoms with E-state index in [1.165, 1.54) is 4.90 Å². The summed E-state index contributed by atoms with van der Waals surface area (Å²) in [5.74, 6) is -1.23. The monoisotopic (exact) mass is 248 g/mol. The van der Waals surface area contributed by atoms with Gasteiger partial charge in [-0.2, -0.15) is 0 Å². The Morgan fingerprint density at radius 2 is 2.11 bits per heavy atom. The van der Waals surface area contributed by atoms with Crippen LogP contribution in [0.15, 0.2) is 18.2 Å². The van der Waals surface area contributed by atoms with E-state index in [0.29, 0.717) is 16.8 Å². The first-order valence-corrected chi connectivity index (χ1v) is 5.88. The Kier molecular flexibility index (Phi) is 3.23. The lowest BCUT2D eigenvalue weighted by atomic mass is 10.1. The van der Waals surface area contributed by atoms with Gasteiger partial charge in [-0.05, 0) is 37.5 Å². The van der Waals surface area contributed by atoms with Crippen LogP contribution in [0.1, 0.15) is 28.8 Å². The lowest BCUT2D eigenvalue weighted by molar-refractivity contribution is -0.137. The molecule has 0 spiro atoms. The van der Waals surface area contributed by atoms with E-state index in [4.69, 9.17) is 10.8 Å². The Morgan fingerprint density at radius 1 is 1.44 bits per heavy atom. The van der Waals surface area contributed by atoms with Gasteiger partial charge in [0.05, 0.1) is 0 Å². The number of carboxylic acid groups (broad SMARTS) is 1. The van der Waals surface area contributed by atoms with E-state index in [2.05, 4.69) is 0 Å². The molecule has 0 saturated heterocycles. The fourth-order valence-electron chi connectivity index (χ4n) is 1.94. The fourth-order valence-corrected chi connectivity index (χ4v) is 1.94. The lowest BCUT2D eigenvalue weighted by Crippen LogP contribution is -2.37. The van der Waals surface area contributed by atoms with Crippen LogP contribution >= 0.6 is 0 Å². The van der Waals surface area contributed by atoms with Gasteiger partial charge < -0.3 is 15.7 Å². The van der Waals surface area contributed by atoms with Crippen molar-refractivity contribution in [3.63, 3.8) is 0 Å². The van der Waals surface area contributed by atoms with Gasteiger partial charge in [-0.1, -0.05) is 6.07 Å². The van der Waals surface area contributed by atoms with Crippen LogP contribution in [0.4, 0.5) is 5.69 Å². The molecule has 1 aromatic rings. The maximum absolute atomic E-state index is 12.3. The van der Waals surface area contributed by atoms with Crippen LogP contribution in [0.2, 0.25) is 0 Å². The van der Waals surface area contributed by atoms with Crippen molar-refractivity contribution in [1.82, 2.24) is 4.90 Å². The van der Waals surface area contributed by atoms with Gasteiger partial charge in [0.1, 0.15) is 6.54 Å².